The molecule has 0 atom stereocenters. The summed E-state index contributed by atoms with van der Waals surface area (Å²) < 4.78 is 44.9. The summed E-state index contributed by atoms with van der Waals surface area (Å²) in [6.45, 7) is 5.76. The first kappa shape index (κ1) is 22.8. The summed E-state index contributed by atoms with van der Waals surface area (Å²) in [5.74, 6) is -2.68. The fraction of sp³-hybridized carbons (Fsp3) is 0.333. The molecule has 8 nitrogen and oxygen atoms in total. The number of anilines is 1. The van der Waals surface area contributed by atoms with E-state index in [9.17, 15) is 27.5 Å². The first-order chi connectivity index (χ1) is 13.2. The Labute approximate surface area is 171 Å². The summed E-state index contributed by atoms with van der Waals surface area (Å²) in [4.78, 5) is 23.5. The maximum absolute atomic E-state index is 13.6. The van der Waals surface area contributed by atoms with Crippen LogP contribution < -0.4 is 15.8 Å². The Morgan fingerprint density at radius 2 is 1.90 bits per heavy atom. The van der Waals surface area contributed by atoms with E-state index >= 15 is 0 Å². The minimum absolute atomic E-state index is 0.128. The molecular formula is C18H21FN2O6S2. The molecular weight excluding hydrogens is 423 g/mol. The summed E-state index contributed by atoms with van der Waals surface area (Å²) >= 11 is 0.585. The first-order valence-corrected chi connectivity index (χ1v) is 10.7. The molecule has 1 aromatic heterocycles. The lowest BCUT2D eigenvalue weighted by Gasteiger charge is -2.16. The molecule has 0 saturated heterocycles. The molecule has 1 heterocycles. The zero-order valence-corrected chi connectivity index (χ0v) is 17.8. The number of benzene rings is 1. The molecule has 29 heavy (non-hydrogen) atoms. The quantitative estimate of drug-likeness (QED) is 0.561. The molecule has 0 saturated carbocycles. The number of hydrogen-bond donors (Lipinski definition) is 3. The van der Waals surface area contributed by atoms with Crippen molar-refractivity contribution in [2.75, 3.05) is 5.32 Å². The number of carbonyl (C=O) groups excluding carboxylic acids is 2. The lowest BCUT2D eigenvalue weighted by Crippen LogP contribution is -2.36. The van der Waals surface area contributed by atoms with E-state index in [0.29, 0.717) is 11.3 Å². The summed E-state index contributed by atoms with van der Waals surface area (Å²) in [5, 5.41) is 12.0. The molecule has 4 N–H and O–H groups in total. The highest BCUT2D eigenvalue weighted by atomic mass is 32.2. The summed E-state index contributed by atoms with van der Waals surface area (Å²) in [7, 11) is -4.23. The predicted octanol–water partition coefficient (Wildman–Crippen LogP) is 2.32. The largest absolute Gasteiger partial charge is 0.490 e. The molecule has 0 unspecified atom stereocenters. The lowest BCUT2D eigenvalue weighted by atomic mass is 10.1. The molecule has 0 aliphatic rings. The number of nitrogens with one attached hydrogen (secondary N) is 1. The Morgan fingerprint density at radius 3 is 2.41 bits per heavy atom. The molecule has 2 rings (SSSR count). The number of sulfone groups is 1. The third-order valence-corrected chi connectivity index (χ3v) is 6.90. The van der Waals surface area contributed by atoms with Crippen LogP contribution in [0.4, 0.5) is 9.39 Å². The molecule has 0 radical (unpaired) electrons. The maximum atomic E-state index is 13.6. The van der Waals surface area contributed by atoms with Crippen LogP contribution in [0.3, 0.4) is 0 Å². The number of rotatable bonds is 7. The van der Waals surface area contributed by atoms with Crippen molar-refractivity contribution < 1.29 is 32.2 Å². The lowest BCUT2D eigenvalue weighted by molar-refractivity contribution is -0.130. The maximum Gasteiger partial charge on any atom is 0.256 e. The van der Waals surface area contributed by atoms with Crippen molar-refractivity contribution in [1.29, 1.82) is 0 Å². The number of halogens is 1. The summed E-state index contributed by atoms with van der Waals surface area (Å²) in [6.07, 6.45) is -0.420. The van der Waals surface area contributed by atoms with Gasteiger partial charge in [-0.1, -0.05) is 0 Å². The second kappa shape index (κ2) is 8.09. The van der Waals surface area contributed by atoms with Crippen LogP contribution in [-0.2, 0) is 14.6 Å². The highest BCUT2D eigenvalue weighted by Gasteiger charge is 2.30. The van der Waals surface area contributed by atoms with Gasteiger partial charge < -0.3 is 20.9 Å². The zero-order valence-electron chi connectivity index (χ0n) is 16.1. The molecule has 2 amide bonds. The average molecular weight is 445 g/mol. The van der Waals surface area contributed by atoms with Gasteiger partial charge in [-0.3, -0.25) is 9.59 Å². The molecule has 0 fully saturated rings. The van der Waals surface area contributed by atoms with Gasteiger partial charge in [-0.15, -0.1) is 11.3 Å². The van der Waals surface area contributed by atoms with Gasteiger partial charge in [-0.05, 0) is 45.9 Å². The molecule has 0 aliphatic carbocycles. The van der Waals surface area contributed by atoms with E-state index in [0.717, 1.165) is 24.3 Å². The number of ether oxygens (including phenoxy) is 1. The number of primary amides is 1. The standard InChI is InChI=1S/C18H21FN2O6S2/c1-9(2)27-12-7-10(19)5-6-13(12)29(25,26)14-8-11(15(20)22)16(28-14)21-17(23)18(3,4)24/h5-9,24H,1-4H3,(H2,20,22)(H,21,23). The van der Waals surface area contributed by atoms with Crippen LogP contribution in [0.15, 0.2) is 33.4 Å². The normalized spacial score (nSPS) is 12.1. The van der Waals surface area contributed by atoms with Gasteiger partial charge in [0.25, 0.3) is 11.8 Å². The Kier molecular flexibility index (Phi) is 6.36. The molecule has 0 spiro atoms. The van der Waals surface area contributed by atoms with Crippen LogP contribution in [-0.4, -0.2) is 37.0 Å². The minimum atomic E-state index is -4.23. The average Bonchev–Trinajstić information content (AvgIpc) is 2.98. The third kappa shape index (κ3) is 5.11. The van der Waals surface area contributed by atoms with Crippen molar-refractivity contribution in [2.24, 2.45) is 5.73 Å². The topological polar surface area (TPSA) is 136 Å². The number of nitrogens with two attached hydrogens (primary N) is 1. The zero-order chi connectivity index (χ0) is 22.1. The number of carbonyl (C=O) groups is 2. The number of thiophene rings is 1. The predicted molar refractivity (Wildman–Crippen MR) is 105 cm³/mol. The summed E-state index contributed by atoms with van der Waals surface area (Å²) in [6, 6.07) is 4.00. The number of aliphatic hydroxyl groups is 1. The highest BCUT2D eigenvalue weighted by Crippen LogP contribution is 2.38. The number of amides is 2. The van der Waals surface area contributed by atoms with E-state index in [-0.39, 0.29) is 25.4 Å². The van der Waals surface area contributed by atoms with Gasteiger partial charge in [0.2, 0.25) is 9.84 Å². The Hall–Kier alpha value is -2.50. The van der Waals surface area contributed by atoms with Crippen molar-refractivity contribution in [1.82, 2.24) is 0 Å². The van der Waals surface area contributed by atoms with Gasteiger partial charge >= 0.3 is 0 Å². The van der Waals surface area contributed by atoms with Crippen LogP contribution in [0.25, 0.3) is 0 Å². The van der Waals surface area contributed by atoms with E-state index in [1.807, 2.05) is 0 Å². The highest BCUT2D eigenvalue weighted by molar-refractivity contribution is 7.93. The van der Waals surface area contributed by atoms with Gasteiger partial charge in [-0.2, -0.15) is 0 Å². The van der Waals surface area contributed by atoms with Crippen LogP contribution in [0.2, 0.25) is 0 Å². The summed E-state index contributed by atoms with van der Waals surface area (Å²) in [5.41, 5.74) is 3.29. The molecule has 2 aromatic rings. The Morgan fingerprint density at radius 1 is 1.28 bits per heavy atom. The monoisotopic (exact) mass is 444 g/mol. The first-order valence-electron chi connectivity index (χ1n) is 8.42. The molecule has 0 bridgehead atoms. The molecule has 11 heteroatoms. The van der Waals surface area contributed by atoms with Gasteiger partial charge in [0.05, 0.1) is 11.7 Å². The fourth-order valence-corrected chi connectivity index (χ4v) is 5.05. The van der Waals surface area contributed by atoms with E-state index in [1.54, 1.807) is 13.8 Å². The van der Waals surface area contributed by atoms with Crippen molar-refractivity contribution in [2.45, 2.75) is 48.5 Å². The SMILES string of the molecule is CC(C)Oc1cc(F)ccc1S(=O)(=O)c1cc(C(N)=O)c(NC(=O)C(C)(C)O)s1. The van der Waals surface area contributed by atoms with Crippen LogP contribution in [0, 0.1) is 5.82 Å². The number of hydrogen-bond acceptors (Lipinski definition) is 7. The van der Waals surface area contributed by atoms with Gasteiger partial charge in [-0.25, -0.2) is 12.8 Å². The van der Waals surface area contributed by atoms with Crippen molar-refractivity contribution in [3.8, 4) is 5.75 Å². The molecule has 1 aromatic carbocycles. The second-order valence-electron chi connectivity index (χ2n) is 6.95. The van der Waals surface area contributed by atoms with E-state index < -0.39 is 39.2 Å². The smallest absolute Gasteiger partial charge is 0.256 e. The van der Waals surface area contributed by atoms with Gasteiger partial charge in [0.15, 0.2) is 0 Å². The van der Waals surface area contributed by atoms with Crippen molar-refractivity contribution >= 4 is 38.0 Å². The van der Waals surface area contributed by atoms with Crippen molar-refractivity contribution in [3.63, 3.8) is 0 Å². The van der Waals surface area contributed by atoms with E-state index in [4.69, 9.17) is 10.5 Å². The van der Waals surface area contributed by atoms with Gasteiger partial charge in [0.1, 0.15) is 31.3 Å². The van der Waals surface area contributed by atoms with Crippen molar-refractivity contribution in [3.05, 3.63) is 35.6 Å². The Balaban J connectivity index is 2.58. The van der Waals surface area contributed by atoms with Crippen LogP contribution >= 0.6 is 11.3 Å². The molecule has 0 aliphatic heterocycles. The minimum Gasteiger partial charge on any atom is -0.490 e. The molecule has 158 valence electrons. The van der Waals surface area contributed by atoms with E-state index in [1.165, 1.54) is 13.8 Å². The third-order valence-electron chi connectivity index (χ3n) is 3.58. The Bertz CT molecular complexity index is 1050. The van der Waals surface area contributed by atoms with E-state index in [2.05, 4.69) is 5.32 Å². The second-order valence-corrected chi connectivity index (χ2v) is 10.1. The van der Waals surface area contributed by atoms with Crippen LogP contribution in [0.5, 0.6) is 5.75 Å². The van der Waals surface area contributed by atoms with Gasteiger partial charge in [0, 0.05) is 6.07 Å². The van der Waals surface area contributed by atoms with Crippen LogP contribution in [0.1, 0.15) is 38.1 Å². The fourth-order valence-electron chi connectivity index (χ4n) is 2.19.